The molecule has 3 aromatic rings. The highest BCUT2D eigenvalue weighted by Gasteiger charge is 2.14. The Morgan fingerprint density at radius 2 is 1.68 bits per heavy atom. The second-order valence-corrected chi connectivity index (χ2v) is 6.43. The lowest BCUT2D eigenvalue weighted by Gasteiger charge is -2.18. The van der Waals surface area contributed by atoms with Crippen molar-refractivity contribution in [3.05, 3.63) is 66.2 Å². The third-order valence-corrected chi connectivity index (χ3v) is 4.35. The van der Waals surface area contributed by atoms with Crippen LogP contribution in [0.5, 0.6) is 11.5 Å². The van der Waals surface area contributed by atoms with Crippen LogP contribution in [-0.4, -0.2) is 31.7 Å². The maximum Gasteiger partial charge on any atom is 0.310 e. The summed E-state index contributed by atoms with van der Waals surface area (Å²) in [6.45, 7) is 0.659. The molecular formula is C22H19NO5. The standard InChI is InChI=1S/C22H19NO5/c24-21(23-18-7-6-16-3-1-2-4-17(16)13-18)14-28-22(25)12-15-5-8-19-20(11-15)27-10-9-26-19/h1-8,11,13H,9-10,12,14H2,(H,23,24). The van der Waals surface area contributed by atoms with Gasteiger partial charge in [-0.25, -0.2) is 0 Å². The predicted octanol–water partition coefficient (Wildman–Crippen LogP) is 3.34. The molecule has 0 atom stereocenters. The highest BCUT2D eigenvalue weighted by atomic mass is 16.6. The molecule has 1 N–H and O–H groups in total. The van der Waals surface area contributed by atoms with Gasteiger partial charge in [-0.05, 0) is 40.6 Å². The van der Waals surface area contributed by atoms with Gasteiger partial charge >= 0.3 is 5.97 Å². The molecule has 1 heterocycles. The first-order valence-electron chi connectivity index (χ1n) is 9.00. The smallest absolute Gasteiger partial charge is 0.310 e. The number of nitrogens with one attached hydrogen (secondary N) is 1. The molecule has 0 aliphatic carbocycles. The van der Waals surface area contributed by atoms with Gasteiger partial charge in [0.15, 0.2) is 18.1 Å². The average Bonchev–Trinajstić information content (AvgIpc) is 2.72. The summed E-state index contributed by atoms with van der Waals surface area (Å²) in [5, 5.41) is 4.85. The van der Waals surface area contributed by atoms with Crippen molar-refractivity contribution in [2.24, 2.45) is 0 Å². The largest absolute Gasteiger partial charge is 0.486 e. The van der Waals surface area contributed by atoms with E-state index in [-0.39, 0.29) is 18.9 Å². The van der Waals surface area contributed by atoms with E-state index in [4.69, 9.17) is 14.2 Å². The Kier molecular flexibility index (Phi) is 5.10. The number of fused-ring (bicyclic) bond motifs is 2. The molecule has 0 radical (unpaired) electrons. The number of anilines is 1. The first kappa shape index (κ1) is 17.9. The molecule has 3 aromatic carbocycles. The predicted molar refractivity (Wildman–Crippen MR) is 105 cm³/mol. The van der Waals surface area contributed by atoms with Crippen LogP contribution in [-0.2, 0) is 20.7 Å². The minimum absolute atomic E-state index is 0.0555. The van der Waals surface area contributed by atoms with Crippen molar-refractivity contribution in [2.75, 3.05) is 25.1 Å². The number of amides is 1. The highest BCUT2D eigenvalue weighted by Crippen LogP contribution is 2.30. The molecule has 6 nitrogen and oxygen atoms in total. The fraction of sp³-hybridized carbons (Fsp3) is 0.182. The lowest BCUT2D eigenvalue weighted by molar-refractivity contribution is -0.146. The lowest BCUT2D eigenvalue weighted by atomic mass is 10.1. The van der Waals surface area contributed by atoms with E-state index in [9.17, 15) is 9.59 Å². The summed E-state index contributed by atoms with van der Waals surface area (Å²) in [6, 6.07) is 18.8. The van der Waals surface area contributed by atoms with E-state index in [2.05, 4.69) is 5.32 Å². The molecule has 1 aliphatic heterocycles. The Bertz CT molecular complexity index is 1030. The van der Waals surface area contributed by atoms with Crippen LogP contribution >= 0.6 is 0 Å². The van der Waals surface area contributed by atoms with E-state index in [1.54, 1.807) is 18.2 Å². The van der Waals surface area contributed by atoms with Crippen LogP contribution in [0.25, 0.3) is 10.8 Å². The van der Waals surface area contributed by atoms with Crippen molar-refractivity contribution >= 4 is 28.3 Å². The molecular weight excluding hydrogens is 358 g/mol. The third kappa shape index (κ3) is 4.23. The topological polar surface area (TPSA) is 73.9 Å². The number of hydrogen-bond acceptors (Lipinski definition) is 5. The number of carbonyl (C=O) groups is 2. The maximum atomic E-state index is 12.1. The summed E-state index contributed by atoms with van der Waals surface area (Å²) in [4.78, 5) is 24.1. The number of hydrogen-bond donors (Lipinski definition) is 1. The zero-order chi connectivity index (χ0) is 19.3. The van der Waals surface area contributed by atoms with Crippen molar-refractivity contribution in [2.45, 2.75) is 6.42 Å². The van der Waals surface area contributed by atoms with Crippen LogP contribution in [0, 0.1) is 0 Å². The Hall–Kier alpha value is -3.54. The highest BCUT2D eigenvalue weighted by molar-refractivity contribution is 5.95. The van der Waals surface area contributed by atoms with E-state index in [1.807, 2.05) is 42.5 Å². The van der Waals surface area contributed by atoms with Crippen LogP contribution < -0.4 is 14.8 Å². The van der Waals surface area contributed by atoms with Gasteiger partial charge in [0.25, 0.3) is 5.91 Å². The normalized spacial score (nSPS) is 12.4. The fourth-order valence-electron chi connectivity index (χ4n) is 3.03. The van der Waals surface area contributed by atoms with Crippen molar-refractivity contribution in [1.82, 2.24) is 0 Å². The second-order valence-electron chi connectivity index (χ2n) is 6.43. The summed E-state index contributed by atoms with van der Waals surface area (Å²) in [7, 11) is 0. The molecule has 0 saturated carbocycles. The Labute approximate surface area is 162 Å². The molecule has 0 spiro atoms. The van der Waals surface area contributed by atoms with Crippen LogP contribution in [0.4, 0.5) is 5.69 Å². The Morgan fingerprint density at radius 1 is 0.893 bits per heavy atom. The first-order valence-corrected chi connectivity index (χ1v) is 9.00. The van der Waals surface area contributed by atoms with E-state index < -0.39 is 5.97 Å². The summed E-state index contributed by atoms with van der Waals surface area (Å²) < 4.78 is 16.0. The summed E-state index contributed by atoms with van der Waals surface area (Å²) in [5.41, 5.74) is 1.40. The molecule has 4 rings (SSSR count). The number of esters is 1. The maximum absolute atomic E-state index is 12.1. The molecule has 0 bridgehead atoms. The zero-order valence-corrected chi connectivity index (χ0v) is 15.1. The quantitative estimate of drug-likeness (QED) is 0.691. The van der Waals surface area contributed by atoms with Gasteiger partial charge in [0, 0.05) is 5.69 Å². The van der Waals surface area contributed by atoms with Crippen LogP contribution in [0.1, 0.15) is 5.56 Å². The van der Waals surface area contributed by atoms with Crippen LogP contribution in [0.3, 0.4) is 0 Å². The van der Waals surface area contributed by atoms with Crippen molar-refractivity contribution in [3.8, 4) is 11.5 Å². The van der Waals surface area contributed by atoms with Crippen molar-refractivity contribution in [1.29, 1.82) is 0 Å². The van der Waals surface area contributed by atoms with Gasteiger partial charge in [-0.15, -0.1) is 0 Å². The van der Waals surface area contributed by atoms with E-state index >= 15 is 0 Å². The molecule has 142 valence electrons. The van der Waals surface area contributed by atoms with Gasteiger partial charge in [-0.2, -0.15) is 0 Å². The van der Waals surface area contributed by atoms with Gasteiger partial charge in [-0.3, -0.25) is 9.59 Å². The summed E-state index contributed by atoms with van der Waals surface area (Å²) in [6.07, 6.45) is 0.0555. The van der Waals surface area contributed by atoms with Gasteiger partial charge in [-0.1, -0.05) is 36.4 Å². The van der Waals surface area contributed by atoms with Gasteiger partial charge in [0.2, 0.25) is 0 Å². The summed E-state index contributed by atoms with van der Waals surface area (Å²) >= 11 is 0. The number of rotatable bonds is 5. The average molecular weight is 377 g/mol. The lowest BCUT2D eigenvalue weighted by Crippen LogP contribution is -2.21. The van der Waals surface area contributed by atoms with Gasteiger partial charge in [0.05, 0.1) is 6.42 Å². The molecule has 0 unspecified atom stereocenters. The fourth-order valence-corrected chi connectivity index (χ4v) is 3.03. The second kappa shape index (κ2) is 8.00. The molecule has 6 heteroatoms. The molecule has 0 fully saturated rings. The van der Waals surface area contributed by atoms with E-state index in [0.29, 0.717) is 30.4 Å². The minimum atomic E-state index is -0.481. The van der Waals surface area contributed by atoms with Crippen molar-refractivity contribution in [3.63, 3.8) is 0 Å². The van der Waals surface area contributed by atoms with Crippen molar-refractivity contribution < 1.29 is 23.8 Å². The number of benzene rings is 3. The van der Waals surface area contributed by atoms with Gasteiger partial charge < -0.3 is 19.5 Å². The van der Waals surface area contributed by atoms with Gasteiger partial charge in [0.1, 0.15) is 13.2 Å². The minimum Gasteiger partial charge on any atom is -0.486 e. The molecule has 28 heavy (non-hydrogen) atoms. The van der Waals surface area contributed by atoms with Crippen LogP contribution in [0.15, 0.2) is 60.7 Å². The first-order chi connectivity index (χ1) is 13.7. The Balaban J connectivity index is 1.29. The molecule has 0 saturated heterocycles. The molecule has 1 aliphatic rings. The zero-order valence-electron chi connectivity index (χ0n) is 15.1. The third-order valence-electron chi connectivity index (χ3n) is 4.35. The molecule has 0 aromatic heterocycles. The summed E-state index contributed by atoms with van der Waals surface area (Å²) in [5.74, 6) is 0.417. The number of ether oxygens (including phenoxy) is 3. The Morgan fingerprint density at radius 3 is 2.54 bits per heavy atom. The monoisotopic (exact) mass is 377 g/mol. The SMILES string of the molecule is O=C(COC(=O)Cc1ccc2c(c1)OCCO2)Nc1ccc2ccccc2c1. The van der Waals surface area contributed by atoms with E-state index in [1.165, 1.54) is 0 Å². The van der Waals surface area contributed by atoms with Crippen LogP contribution in [0.2, 0.25) is 0 Å². The van der Waals surface area contributed by atoms with E-state index in [0.717, 1.165) is 16.3 Å². The number of carbonyl (C=O) groups excluding carboxylic acids is 2. The molecule has 1 amide bonds.